The summed E-state index contributed by atoms with van der Waals surface area (Å²) in [5, 5.41) is 12.0. The number of nitrogens with zero attached hydrogens (tertiary/aromatic N) is 4. The maximum absolute atomic E-state index is 12.4. The maximum atomic E-state index is 12.4. The lowest BCUT2D eigenvalue weighted by Gasteiger charge is -2.23. The highest BCUT2D eigenvalue weighted by Gasteiger charge is 2.23. The highest BCUT2D eigenvalue weighted by atomic mass is 35.5. The molecule has 30 heavy (non-hydrogen) atoms. The van der Waals surface area contributed by atoms with Crippen LogP contribution < -0.4 is 10.9 Å². The molecule has 9 heteroatoms. The van der Waals surface area contributed by atoms with Gasteiger partial charge < -0.3 is 14.8 Å². The van der Waals surface area contributed by atoms with Crippen molar-refractivity contribution >= 4 is 18.1 Å². The fourth-order valence-electron chi connectivity index (χ4n) is 4.08. The van der Waals surface area contributed by atoms with Crippen LogP contribution in [0.25, 0.3) is 28.5 Å². The summed E-state index contributed by atoms with van der Waals surface area (Å²) in [4.78, 5) is 19.8. The van der Waals surface area contributed by atoms with Gasteiger partial charge in [-0.2, -0.15) is 10.1 Å². The van der Waals surface area contributed by atoms with Gasteiger partial charge in [0.15, 0.2) is 0 Å². The van der Waals surface area contributed by atoms with Crippen LogP contribution in [-0.2, 0) is 0 Å². The van der Waals surface area contributed by atoms with Crippen molar-refractivity contribution in [1.29, 1.82) is 0 Å². The molecule has 0 aliphatic carbocycles. The van der Waals surface area contributed by atoms with Crippen LogP contribution in [0.1, 0.15) is 35.6 Å². The highest BCUT2D eigenvalue weighted by Crippen LogP contribution is 2.29. The van der Waals surface area contributed by atoms with Crippen molar-refractivity contribution in [1.82, 2.24) is 30.1 Å². The van der Waals surface area contributed by atoms with E-state index in [1.54, 1.807) is 16.8 Å². The number of hydrogen-bond acceptors (Lipinski definition) is 6. The van der Waals surface area contributed by atoms with Crippen LogP contribution in [0.3, 0.4) is 0 Å². The van der Waals surface area contributed by atoms with Gasteiger partial charge >= 0.3 is 0 Å². The quantitative estimate of drug-likeness (QED) is 0.521. The molecule has 4 heterocycles. The molecule has 5 rings (SSSR count). The summed E-state index contributed by atoms with van der Waals surface area (Å²) < 4.78 is 7.33. The number of H-pyrrole nitrogens is 1. The fraction of sp³-hybridized carbons (Fsp3) is 0.333. The second kappa shape index (κ2) is 8.04. The molecule has 0 atom stereocenters. The van der Waals surface area contributed by atoms with Crippen molar-refractivity contribution in [3.8, 4) is 22.8 Å². The second-order valence-corrected chi connectivity index (χ2v) is 7.64. The van der Waals surface area contributed by atoms with Crippen molar-refractivity contribution in [2.75, 3.05) is 13.1 Å². The SMILES string of the molecule is Cc1ccc(-c2noc(-c3cnn4c(C5CCNCC5)cc(=O)[nH]c34)n2)c(C)c1.Cl. The minimum Gasteiger partial charge on any atom is -0.333 e. The topological polar surface area (TPSA) is 101 Å². The number of aryl methyl sites for hydroxylation is 2. The van der Waals surface area contributed by atoms with E-state index in [4.69, 9.17) is 4.52 Å². The highest BCUT2D eigenvalue weighted by molar-refractivity contribution is 5.85. The molecule has 8 nitrogen and oxygen atoms in total. The van der Waals surface area contributed by atoms with Gasteiger partial charge in [-0.15, -0.1) is 12.4 Å². The summed E-state index contributed by atoms with van der Waals surface area (Å²) in [5.41, 5.74) is 5.17. The van der Waals surface area contributed by atoms with Gasteiger partial charge in [0.2, 0.25) is 5.82 Å². The van der Waals surface area contributed by atoms with E-state index in [1.165, 1.54) is 5.56 Å². The van der Waals surface area contributed by atoms with Crippen molar-refractivity contribution in [2.45, 2.75) is 32.6 Å². The van der Waals surface area contributed by atoms with E-state index >= 15 is 0 Å². The first kappa shape index (κ1) is 20.3. The van der Waals surface area contributed by atoms with Crippen molar-refractivity contribution in [2.24, 2.45) is 0 Å². The third-order valence-electron chi connectivity index (χ3n) is 5.57. The second-order valence-electron chi connectivity index (χ2n) is 7.64. The molecule has 1 aliphatic heterocycles. The predicted octanol–water partition coefficient (Wildman–Crippen LogP) is 3.25. The van der Waals surface area contributed by atoms with Gasteiger partial charge in [-0.1, -0.05) is 28.9 Å². The summed E-state index contributed by atoms with van der Waals surface area (Å²) in [6.45, 7) is 5.95. The van der Waals surface area contributed by atoms with Gasteiger partial charge in [0.05, 0.1) is 11.9 Å². The Kier molecular flexibility index (Phi) is 5.44. The summed E-state index contributed by atoms with van der Waals surface area (Å²) in [5.74, 6) is 1.16. The van der Waals surface area contributed by atoms with E-state index in [0.717, 1.165) is 42.8 Å². The number of benzene rings is 1. The molecule has 0 bridgehead atoms. The molecule has 0 amide bonds. The maximum Gasteiger partial charge on any atom is 0.263 e. The van der Waals surface area contributed by atoms with Crippen molar-refractivity contribution < 1.29 is 4.52 Å². The molecule has 0 saturated carbocycles. The number of aromatic nitrogens is 5. The number of halogens is 1. The van der Waals surface area contributed by atoms with Gasteiger partial charge in [-0.25, -0.2) is 4.52 Å². The third kappa shape index (κ3) is 3.53. The van der Waals surface area contributed by atoms with Crippen molar-refractivity contribution in [3.05, 3.63) is 57.6 Å². The van der Waals surface area contributed by atoms with Gasteiger partial charge in [-0.05, 0) is 45.3 Å². The Morgan fingerprint density at radius 2 is 1.93 bits per heavy atom. The molecule has 0 radical (unpaired) electrons. The molecule has 1 fully saturated rings. The zero-order valence-electron chi connectivity index (χ0n) is 16.8. The Morgan fingerprint density at radius 3 is 2.70 bits per heavy atom. The molecular formula is C21H23ClN6O2. The van der Waals surface area contributed by atoms with Gasteiger partial charge in [0, 0.05) is 17.5 Å². The zero-order valence-corrected chi connectivity index (χ0v) is 17.6. The van der Waals surface area contributed by atoms with Gasteiger partial charge in [0.1, 0.15) is 11.2 Å². The van der Waals surface area contributed by atoms with Crippen LogP contribution in [0.4, 0.5) is 0 Å². The molecule has 1 aliphatic rings. The third-order valence-corrected chi connectivity index (χ3v) is 5.57. The summed E-state index contributed by atoms with van der Waals surface area (Å²) in [7, 11) is 0. The minimum absolute atomic E-state index is 0. The van der Waals surface area contributed by atoms with Crippen LogP contribution in [0.2, 0.25) is 0 Å². The van der Waals surface area contributed by atoms with Gasteiger partial charge in [0.25, 0.3) is 11.4 Å². The molecule has 2 N–H and O–H groups in total. The van der Waals surface area contributed by atoms with E-state index < -0.39 is 0 Å². The monoisotopic (exact) mass is 426 g/mol. The molecule has 3 aromatic heterocycles. The lowest BCUT2D eigenvalue weighted by Crippen LogP contribution is -2.28. The van der Waals surface area contributed by atoms with Crippen LogP contribution in [0, 0.1) is 13.8 Å². The number of nitrogens with one attached hydrogen (secondary N) is 2. The molecule has 1 aromatic carbocycles. The largest absolute Gasteiger partial charge is 0.333 e. The molecule has 156 valence electrons. The number of piperidine rings is 1. The Morgan fingerprint density at radius 1 is 1.13 bits per heavy atom. The lowest BCUT2D eigenvalue weighted by atomic mass is 9.94. The van der Waals surface area contributed by atoms with Crippen LogP contribution in [0.5, 0.6) is 0 Å². The van der Waals surface area contributed by atoms with E-state index in [0.29, 0.717) is 28.8 Å². The number of rotatable bonds is 3. The molecular weight excluding hydrogens is 404 g/mol. The van der Waals surface area contributed by atoms with Crippen LogP contribution in [-0.4, -0.2) is 37.8 Å². The summed E-state index contributed by atoms with van der Waals surface area (Å²) in [6, 6.07) is 7.75. The van der Waals surface area contributed by atoms with E-state index in [-0.39, 0.29) is 18.0 Å². The predicted molar refractivity (Wildman–Crippen MR) is 116 cm³/mol. The summed E-state index contributed by atoms with van der Waals surface area (Å²) in [6.07, 6.45) is 3.63. The first-order valence-electron chi connectivity index (χ1n) is 9.83. The first-order chi connectivity index (χ1) is 14.1. The molecule has 0 spiro atoms. The smallest absolute Gasteiger partial charge is 0.263 e. The van der Waals surface area contributed by atoms with E-state index in [2.05, 4.69) is 31.6 Å². The Balaban J connectivity index is 0.00000218. The Bertz CT molecular complexity index is 1250. The molecule has 0 unspecified atom stereocenters. The van der Waals surface area contributed by atoms with Crippen LogP contribution >= 0.6 is 12.4 Å². The first-order valence-corrected chi connectivity index (χ1v) is 9.83. The fourth-order valence-corrected chi connectivity index (χ4v) is 4.08. The van der Waals surface area contributed by atoms with Crippen LogP contribution in [0.15, 0.2) is 39.8 Å². The Hall–Kier alpha value is -2.97. The Labute approximate surface area is 179 Å². The number of aromatic amines is 1. The molecule has 1 saturated heterocycles. The lowest BCUT2D eigenvalue weighted by molar-refractivity contribution is 0.432. The normalized spacial score (nSPS) is 14.7. The zero-order chi connectivity index (χ0) is 20.0. The van der Waals surface area contributed by atoms with E-state index in [1.807, 2.05) is 26.0 Å². The minimum atomic E-state index is -0.151. The molecule has 4 aromatic rings. The average Bonchev–Trinajstić information content (AvgIpc) is 3.35. The van der Waals surface area contributed by atoms with Crippen molar-refractivity contribution in [3.63, 3.8) is 0 Å². The van der Waals surface area contributed by atoms with Gasteiger partial charge in [-0.3, -0.25) is 4.79 Å². The standard InChI is InChI=1S/C21H22N6O2.ClH/c1-12-3-4-15(13(2)9-12)19-25-21(29-26-19)16-11-23-27-17(10-18(28)24-20(16)27)14-5-7-22-8-6-14;/h3-4,9-11,14,22H,5-8H2,1-2H3,(H,24,28);1H. The number of hydrogen-bond donors (Lipinski definition) is 2. The van der Waals surface area contributed by atoms with E-state index in [9.17, 15) is 4.79 Å². The number of fused-ring (bicyclic) bond motifs is 1. The summed E-state index contributed by atoms with van der Waals surface area (Å²) >= 11 is 0. The average molecular weight is 427 g/mol.